The molecule has 0 atom stereocenters. The number of anilines is 1. The van der Waals surface area contributed by atoms with Crippen molar-refractivity contribution < 1.29 is 9.53 Å². The Balaban J connectivity index is 1.49. The van der Waals surface area contributed by atoms with Gasteiger partial charge in [-0.1, -0.05) is 59.2 Å². The first kappa shape index (κ1) is 23.2. The Morgan fingerprint density at radius 3 is 2.61 bits per heavy atom. The first-order valence-corrected chi connectivity index (χ1v) is 11.8. The second kappa shape index (κ2) is 10.7. The third-order valence-corrected chi connectivity index (χ3v) is 6.24. The number of carbonyl (C=O) groups is 1. The number of hydrogen-bond donors (Lipinski definition) is 1. The second-order valence-corrected chi connectivity index (χ2v) is 8.90. The number of nitrogens with zero attached hydrogens (tertiary/aromatic N) is 3. The number of para-hydroxylation sites is 1. The lowest BCUT2D eigenvalue weighted by Gasteiger charge is -2.12. The molecule has 0 unspecified atom stereocenters. The van der Waals surface area contributed by atoms with Crippen LogP contribution in [-0.2, 0) is 11.4 Å². The molecule has 3 aromatic carbocycles. The molecule has 0 bridgehead atoms. The van der Waals surface area contributed by atoms with E-state index in [1.807, 2.05) is 54.0 Å². The van der Waals surface area contributed by atoms with E-state index in [4.69, 9.17) is 27.9 Å². The Morgan fingerprint density at radius 1 is 1.03 bits per heavy atom. The van der Waals surface area contributed by atoms with Gasteiger partial charge in [0.2, 0.25) is 5.91 Å². The van der Waals surface area contributed by atoms with Gasteiger partial charge in [-0.15, -0.1) is 10.2 Å². The van der Waals surface area contributed by atoms with Crippen molar-refractivity contribution in [3.05, 3.63) is 94.2 Å². The van der Waals surface area contributed by atoms with E-state index in [1.165, 1.54) is 11.8 Å². The zero-order valence-electron chi connectivity index (χ0n) is 17.7. The molecule has 0 fully saturated rings. The highest BCUT2D eigenvalue weighted by Gasteiger charge is 2.17. The summed E-state index contributed by atoms with van der Waals surface area (Å²) in [6, 6.07) is 22.2. The molecule has 1 N–H and O–H groups in total. The van der Waals surface area contributed by atoms with Gasteiger partial charge in [0.15, 0.2) is 11.0 Å². The van der Waals surface area contributed by atoms with Crippen LogP contribution in [0, 0.1) is 6.92 Å². The van der Waals surface area contributed by atoms with Crippen molar-refractivity contribution >= 4 is 46.6 Å². The highest BCUT2D eigenvalue weighted by atomic mass is 35.5. The van der Waals surface area contributed by atoms with Gasteiger partial charge < -0.3 is 10.1 Å². The number of rotatable bonds is 8. The van der Waals surface area contributed by atoms with Crippen molar-refractivity contribution in [2.45, 2.75) is 18.7 Å². The normalized spacial score (nSPS) is 10.8. The topological polar surface area (TPSA) is 69.0 Å². The van der Waals surface area contributed by atoms with Crippen molar-refractivity contribution in [2.24, 2.45) is 0 Å². The van der Waals surface area contributed by atoms with Gasteiger partial charge in [0.1, 0.15) is 12.4 Å². The number of ether oxygens (including phenoxy) is 1. The molecule has 4 rings (SSSR count). The van der Waals surface area contributed by atoms with Gasteiger partial charge in [-0.2, -0.15) is 0 Å². The van der Waals surface area contributed by atoms with E-state index in [0.29, 0.717) is 32.5 Å². The Hall–Kier alpha value is -3.00. The Morgan fingerprint density at radius 2 is 1.85 bits per heavy atom. The minimum Gasteiger partial charge on any atom is -0.486 e. The molecule has 0 saturated heterocycles. The summed E-state index contributed by atoms with van der Waals surface area (Å²) >= 11 is 13.4. The molecule has 0 aliphatic heterocycles. The fourth-order valence-corrected chi connectivity index (χ4v) is 4.15. The average molecular weight is 499 g/mol. The molecule has 1 amide bonds. The lowest BCUT2D eigenvalue weighted by Crippen LogP contribution is -2.14. The molecule has 0 saturated carbocycles. The molecule has 0 aliphatic carbocycles. The highest BCUT2D eigenvalue weighted by molar-refractivity contribution is 7.99. The maximum atomic E-state index is 12.5. The van der Waals surface area contributed by atoms with Gasteiger partial charge in [-0.05, 0) is 61.0 Å². The number of nitrogens with one attached hydrogen (secondary N) is 1. The molecule has 4 aromatic rings. The van der Waals surface area contributed by atoms with Crippen molar-refractivity contribution in [3.8, 4) is 11.4 Å². The number of thioether (sulfide) groups is 1. The fourth-order valence-electron chi connectivity index (χ4n) is 3.07. The minimum atomic E-state index is -0.167. The van der Waals surface area contributed by atoms with Crippen LogP contribution in [0.25, 0.3) is 5.69 Å². The van der Waals surface area contributed by atoms with E-state index in [1.54, 1.807) is 30.3 Å². The first-order valence-electron chi connectivity index (χ1n) is 10.1. The number of amides is 1. The van der Waals surface area contributed by atoms with Crippen LogP contribution < -0.4 is 10.1 Å². The summed E-state index contributed by atoms with van der Waals surface area (Å²) in [6.07, 6.45) is 0. The SMILES string of the molecule is Cc1cc(OCc2nnc(SCC(=O)Nc3cccc(Cl)c3)n2-c2ccccc2)ccc1Cl. The quantitative estimate of drug-likeness (QED) is 0.293. The van der Waals surface area contributed by atoms with E-state index >= 15 is 0 Å². The molecule has 0 radical (unpaired) electrons. The molecule has 9 heteroatoms. The molecule has 1 aromatic heterocycles. The van der Waals surface area contributed by atoms with Crippen molar-refractivity contribution in [2.75, 3.05) is 11.1 Å². The van der Waals surface area contributed by atoms with Crippen LogP contribution in [0.4, 0.5) is 5.69 Å². The van der Waals surface area contributed by atoms with Crippen LogP contribution >= 0.6 is 35.0 Å². The molecule has 168 valence electrons. The second-order valence-electron chi connectivity index (χ2n) is 7.12. The molecular weight excluding hydrogens is 479 g/mol. The van der Waals surface area contributed by atoms with Crippen molar-refractivity contribution in [3.63, 3.8) is 0 Å². The maximum absolute atomic E-state index is 12.5. The summed E-state index contributed by atoms with van der Waals surface area (Å²) in [6.45, 7) is 2.13. The lowest BCUT2D eigenvalue weighted by molar-refractivity contribution is -0.113. The van der Waals surface area contributed by atoms with E-state index < -0.39 is 0 Å². The third kappa shape index (κ3) is 6.07. The van der Waals surface area contributed by atoms with Crippen LogP contribution in [0.5, 0.6) is 5.75 Å². The van der Waals surface area contributed by atoms with Gasteiger partial charge in [0.25, 0.3) is 0 Å². The average Bonchev–Trinajstić information content (AvgIpc) is 3.22. The van der Waals surface area contributed by atoms with E-state index in [2.05, 4.69) is 15.5 Å². The smallest absolute Gasteiger partial charge is 0.234 e. The predicted molar refractivity (Wildman–Crippen MR) is 133 cm³/mol. The monoisotopic (exact) mass is 498 g/mol. The standard InChI is InChI=1S/C24H20Cl2N4O2S/c1-16-12-20(10-11-21(16)26)32-14-22-28-29-24(30(22)19-8-3-2-4-9-19)33-15-23(31)27-18-7-5-6-17(25)13-18/h2-13H,14-15H2,1H3,(H,27,31). The highest BCUT2D eigenvalue weighted by Crippen LogP contribution is 2.25. The van der Waals surface area contributed by atoms with Crippen molar-refractivity contribution in [1.29, 1.82) is 0 Å². The predicted octanol–water partition coefficient (Wildman–Crippen LogP) is 6.19. The van der Waals surface area contributed by atoms with E-state index in [9.17, 15) is 4.79 Å². The van der Waals surface area contributed by atoms with Gasteiger partial charge in [-0.25, -0.2) is 0 Å². The summed E-state index contributed by atoms with van der Waals surface area (Å²) in [5.41, 5.74) is 2.46. The van der Waals surface area contributed by atoms with Crippen LogP contribution in [0.15, 0.2) is 78.0 Å². The summed E-state index contributed by atoms with van der Waals surface area (Å²) < 4.78 is 7.83. The third-order valence-electron chi connectivity index (χ3n) is 4.65. The number of aryl methyl sites for hydroxylation is 1. The van der Waals surface area contributed by atoms with Gasteiger partial charge in [0.05, 0.1) is 5.75 Å². The molecule has 33 heavy (non-hydrogen) atoms. The van der Waals surface area contributed by atoms with Crippen LogP contribution in [0.2, 0.25) is 10.0 Å². The largest absolute Gasteiger partial charge is 0.486 e. The number of benzene rings is 3. The van der Waals surface area contributed by atoms with Gasteiger partial charge in [0, 0.05) is 21.4 Å². The van der Waals surface area contributed by atoms with Crippen molar-refractivity contribution in [1.82, 2.24) is 14.8 Å². The fraction of sp³-hybridized carbons (Fsp3) is 0.125. The zero-order chi connectivity index (χ0) is 23.2. The first-order chi connectivity index (χ1) is 16.0. The molecular formula is C24H20Cl2N4O2S. The number of carbonyl (C=O) groups excluding carboxylic acids is 1. The molecule has 0 aliphatic rings. The lowest BCUT2D eigenvalue weighted by atomic mass is 10.2. The summed E-state index contributed by atoms with van der Waals surface area (Å²) in [7, 11) is 0. The molecule has 1 heterocycles. The number of aromatic nitrogens is 3. The summed E-state index contributed by atoms with van der Waals surface area (Å²) in [4.78, 5) is 12.5. The Labute approximate surface area is 205 Å². The number of hydrogen-bond acceptors (Lipinski definition) is 5. The maximum Gasteiger partial charge on any atom is 0.234 e. The minimum absolute atomic E-state index is 0.161. The Kier molecular flexibility index (Phi) is 7.54. The molecule has 0 spiro atoms. The van der Waals surface area contributed by atoms with Gasteiger partial charge in [-0.3, -0.25) is 9.36 Å². The van der Waals surface area contributed by atoms with Crippen LogP contribution in [-0.4, -0.2) is 26.4 Å². The van der Waals surface area contributed by atoms with Crippen LogP contribution in [0.1, 0.15) is 11.4 Å². The van der Waals surface area contributed by atoms with E-state index in [0.717, 1.165) is 11.3 Å². The number of halogens is 2. The zero-order valence-corrected chi connectivity index (χ0v) is 20.0. The summed E-state index contributed by atoms with van der Waals surface area (Å²) in [5, 5.41) is 13.3. The van der Waals surface area contributed by atoms with Crippen LogP contribution in [0.3, 0.4) is 0 Å². The Bertz CT molecular complexity index is 1260. The molecule has 6 nitrogen and oxygen atoms in total. The van der Waals surface area contributed by atoms with Gasteiger partial charge >= 0.3 is 0 Å². The van der Waals surface area contributed by atoms with E-state index in [-0.39, 0.29) is 18.3 Å². The summed E-state index contributed by atoms with van der Waals surface area (Å²) in [5.74, 6) is 1.30.